The van der Waals surface area contributed by atoms with Crippen LogP contribution in [0.25, 0.3) is 0 Å². The quantitative estimate of drug-likeness (QED) is 0.464. The molecule has 0 aromatic rings. The molecule has 0 amide bonds. The van der Waals surface area contributed by atoms with Gasteiger partial charge in [-0.3, -0.25) is 0 Å². The van der Waals surface area contributed by atoms with Gasteiger partial charge < -0.3 is 0 Å². The Bertz CT molecular complexity index is 188. The maximum atomic E-state index is 4.25. The van der Waals surface area contributed by atoms with E-state index in [2.05, 4.69) is 20.4 Å². The monoisotopic (exact) mass is 150 g/mol. The number of rotatable bonds is 0. The molecule has 2 unspecified atom stereocenters. The Hall–Kier alpha value is -0.260. The molecule has 2 rings (SSSR count). The van der Waals surface area contributed by atoms with Gasteiger partial charge in [0.1, 0.15) is 0 Å². The van der Waals surface area contributed by atoms with Crippen molar-refractivity contribution in [2.24, 2.45) is 17.3 Å². The van der Waals surface area contributed by atoms with E-state index in [4.69, 9.17) is 0 Å². The van der Waals surface area contributed by atoms with Gasteiger partial charge in [-0.05, 0) is 36.5 Å². The van der Waals surface area contributed by atoms with Crippen molar-refractivity contribution < 1.29 is 0 Å². The summed E-state index contributed by atoms with van der Waals surface area (Å²) in [6.45, 7) is 9.01. The average Bonchev–Trinajstić information content (AvgIpc) is 2.15. The molecule has 0 nitrogen and oxygen atoms in total. The standard InChI is InChI=1S/C11H18/c1-8-9-5-4-6-10(7-9)11(8,2)3/h9-10H,1,4-7H2,2-3H3. The fourth-order valence-corrected chi connectivity index (χ4v) is 2.95. The van der Waals surface area contributed by atoms with Crippen LogP contribution in [0.3, 0.4) is 0 Å². The second kappa shape index (κ2) is 2.12. The van der Waals surface area contributed by atoms with E-state index in [0.717, 1.165) is 11.8 Å². The first-order valence-corrected chi connectivity index (χ1v) is 4.81. The fourth-order valence-electron chi connectivity index (χ4n) is 2.95. The van der Waals surface area contributed by atoms with Gasteiger partial charge in [0.15, 0.2) is 0 Å². The Kier molecular flexibility index (Phi) is 1.42. The summed E-state index contributed by atoms with van der Waals surface area (Å²) in [5.74, 6) is 1.83. The highest BCUT2D eigenvalue weighted by atomic mass is 14.5. The zero-order valence-corrected chi connectivity index (χ0v) is 7.69. The Morgan fingerprint density at radius 1 is 1.36 bits per heavy atom. The first-order valence-electron chi connectivity index (χ1n) is 4.81. The highest BCUT2D eigenvalue weighted by molar-refractivity contribution is 5.20. The minimum absolute atomic E-state index is 0.459. The maximum absolute atomic E-state index is 4.25. The SMILES string of the molecule is C=C1C2CCCC(C2)C1(C)C. The summed E-state index contributed by atoms with van der Waals surface area (Å²) in [6.07, 6.45) is 5.74. The van der Waals surface area contributed by atoms with Gasteiger partial charge in [-0.25, -0.2) is 0 Å². The number of allylic oxidation sites excluding steroid dienone is 1. The minimum Gasteiger partial charge on any atom is -0.0990 e. The van der Waals surface area contributed by atoms with E-state index in [1.807, 2.05) is 0 Å². The molecule has 62 valence electrons. The summed E-state index contributed by atoms with van der Waals surface area (Å²) >= 11 is 0. The van der Waals surface area contributed by atoms with Crippen LogP contribution >= 0.6 is 0 Å². The number of fused-ring (bicyclic) bond motifs is 2. The van der Waals surface area contributed by atoms with E-state index < -0.39 is 0 Å². The van der Waals surface area contributed by atoms with Crippen LogP contribution in [-0.4, -0.2) is 0 Å². The number of hydrogen-bond donors (Lipinski definition) is 0. The molecule has 0 heterocycles. The van der Waals surface area contributed by atoms with Crippen LogP contribution in [0.15, 0.2) is 12.2 Å². The first-order chi connectivity index (χ1) is 5.12. The van der Waals surface area contributed by atoms with E-state index in [0.29, 0.717) is 5.41 Å². The molecule has 11 heavy (non-hydrogen) atoms. The zero-order valence-electron chi connectivity index (χ0n) is 7.69. The van der Waals surface area contributed by atoms with E-state index in [9.17, 15) is 0 Å². The topological polar surface area (TPSA) is 0 Å². The highest BCUT2D eigenvalue weighted by Gasteiger charge is 2.45. The normalized spacial score (nSPS) is 41.1. The zero-order chi connectivity index (χ0) is 8.06. The molecule has 0 heteroatoms. The van der Waals surface area contributed by atoms with Gasteiger partial charge in [-0.1, -0.05) is 32.4 Å². The smallest absolute Gasteiger partial charge is 0.0116 e. The summed E-state index contributed by atoms with van der Waals surface area (Å²) in [4.78, 5) is 0. The van der Waals surface area contributed by atoms with Crippen molar-refractivity contribution in [3.8, 4) is 0 Å². The van der Waals surface area contributed by atoms with Crippen molar-refractivity contribution in [3.05, 3.63) is 12.2 Å². The van der Waals surface area contributed by atoms with Crippen molar-refractivity contribution in [1.29, 1.82) is 0 Å². The lowest BCUT2D eigenvalue weighted by Gasteiger charge is -2.27. The third kappa shape index (κ3) is 0.881. The lowest BCUT2D eigenvalue weighted by molar-refractivity contribution is 0.261. The maximum Gasteiger partial charge on any atom is -0.0116 e. The predicted octanol–water partition coefficient (Wildman–Crippen LogP) is 3.39. The van der Waals surface area contributed by atoms with Gasteiger partial charge in [0.05, 0.1) is 0 Å². The predicted molar refractivity (Wildman–Crippen MR) is 48.4 cm³/mol. The van der Waals surface area contributed by atoms with Crippen molar-refractivity contribution in [2.75, 3.05) is 0 Å². The van der Waals surface area contributed by atoms with Crippen molar-refractivity contribution >= 4 is 0 Å². The molecule has 2 aliphatic carbocycles. The van der Waals surface area contributed by atoms with Crippen LogP contribution in [0.2, 0.25) is 0 Å². The number of hydrogen-bond acceptors (Lipinski definition) is 0. The van der Waals surface area contributed by atoms with Crippen molar-refractivity contribution in [2.45, 2.75) is 39.5 Å². The molecule has 0 aliphatic heterocycles. The largest absolute Gasteiger partial charge is 0.0990 e. The van der Waals surface area contributed by atoms with Crippen LogP contribution in [-0.2, 0) is 0 Å². The molecule has 0 radical (unpaired) electrons. The van der Waals surface area contributed by atoms with Gasteiger partial charge in [-0.15, -0.1) is 0 Å². The second-order valence-corrected chi connectivity index (χ2v) is 4.81. The Morgan fingerprint density at radius 2 is 2.09 bits per heavy atom. The van der Waals surface area contributed by atoms with Gasteiger partial charge in [0, 0.05) is 0 Å². The summed E-state index contributed by atoms with van der Waals surface area (Å²) in [5.41, 5.74) is 2.00. The second-order valence-electron chi connectivity index (χ2n) is 4.81. The summed E-state index contributed by atoms with van der Waals surface area (Å²) in [7, 11) is 0. The molecular weight excluding hydrogens is 132 g/mol. The minimum atomic E-state index is 0.459. The fraction of sp³-hybridized carbons (Fsp3) is 0.818. The molecule has 2 atom stereocenters. The van der Waals surface area contributed by atoms with E-state index in [1.165, 1.54) is 25.7 Å². The summed E-state index contributed by atoms with van der Waals surface area (Å²) in [6, 6.07) is 0. The van der Waals surface area contributed by atoms with Crippen LogP contribution in [0.4, 0.5) is 0 Å². The molecule has 2 saturated carbocycles. The molecule has 0 aromatic heterocycles. The Morgan fingerprint density at radius 3 is 2.64 bits per heavy atom. The first kappa shape index (κ1) is 7.39. The van der Waals surface area contributed by atoms with Crippen LogP contribution in [0, 0.1) is 17.3 Å². The molecule has 0 aromatic carbocycles. The third-order valence-electron chi connectivity index (χ3n) is 4.02. The molecule has 0 spiro atoms. The molecular formula is C11H18. The van der Waals surface area contributed by atoms with E-state index in [-0.39, 0.29) is 0 Å². The van der Waals surface area contributed by atoms with Gasteiger partial charge in [0.2, 0.25) is 0 Å². The van der Waals surface area contributed by atoms with E-state index >= 15 is 0 Å². The molecule has 2 aliphatic rings. The summed E-state index contributed by atoms with van der Waals surface area (Å²) in [5, 5.41) is 0. The van der Waals surface area contributed by atoms with Crippen LogP contribution in [0.1, 0.15) is 39.5 Å². The lowest BCUT2D eigenvalue weighted by atomic mass is 9.78. The van der Waals surface area contributed by atoms with Crippen molar-refractivity contribution in [1.82, 2.24) is 0 Å². The van der Waals surface area contributed by atoms with Gasteiger partial charge in [0.25, 0.3) is 0 Å². The molecule has 0 N–H and O–H groups in total. The van der Waals surface area contributed by atoms with Crippen LogP contribution < -0.4 is 0 Å². The molecule has 2 bridgehead atoms. The molecule has 0 saturated heterocycles. The molecule has 2 fully saturated rings. The Labute approximate surface area is 69.7 Å². The summed E-state index contributed by atoms with van der Waals surface area (Å²) < 4.78 is 0. The van der Waals surface area contributed by atoms with Crippen molar-refractivity contribution in [3.63, 3.8) is 0 Å². The van der Waals surface area contributed by atoms with Gasteiger partial charge in [-0.2, -0.15) is 0 Å². The highest BCUT2D eigenvalue weighted by Crippen LogP contribution is 2.55. The average molecular weight is 150 g/mol. The third-order valence-corrected chi connectivity index (χ3v) is 4.02. The van der Waals surface area contributed by atoms with E-state index in [1.54, 1.807) is 5.57 Å². The Balaban J connectivity index is 2.31. The van der Waals surface area contributed by atoms with Gasteiger partial charge >= 0.3 is 0 Å². The lowest BCUT2D eigenvalue weighted by Crippen LogP contribution is -2.18. The van der Waals surface area contributed by atoms with Crippen LogP contribution in [0.5, 0.6) is 0 Å².